The maximum atomic E-state index is 12.1. The van der Waals surface area contributed by atoms with E-state index >= 15 is 0 Å². The lowest BCUT2D eigenvalue weighted by molar-refractivity contribution is 0.0775. The SMILES string of the molecule is CN(Cc1nccn1C)C(=O)c1csc(CN)n1. The van der Waals surface area contributed by atoms with Crippen LogP contribution in [0.5, 0.6) is 0 Å². The molecule has 0 saturated heterocycles. The van der Waals surface area contributed by atoms with Crippen molar-refractivity contribution in [3.63, 3.8) is 0 Å². The first kappa shape index (κ1) is 12.7. The highest BCUT2D eigenvalue weighted by atomic mass is 32.1. The lowest BCUT2D eigenvalue weighted by Crippen LogP contribution is -2.27. The average Bonchev–Trinajstić information content (AvgIpc) is 2.98. The van der Waals surface area contributed by atoms with Crippen LogP contribution in [0.4, 0.5) is 0 Å². The third-order valence-electron chi connectivity index (χ3n) is 2.59. The van der Waals surface area contributed by atoms with Gasteiger partial charge in [-0.15, -0.1) is 11.3 Å². The molecule has 0 fully saturated rings. The summed E-state index contributed by atoms with van der Waals surface area (Å²) in [5, 5.41) is 2.50. The van der Waals surface area contributed by atoms with Crippen LogP contribution in [0.15, 0.2) is 17.8 Å². The van der Waals surface area contributed by atoms with E-state index in [1.807, 2.05) is 17.8 Å². The number of nitrogens with zero attached hydrogens (tertiary/aromatic N) is 4. The number of hydrogen-bond donors (Lipinski definition) is 1. The molecular weight excluding hydrogens is 250 g/mol. The zero-order chi connectivity index (χ0) is 13.1. The highest BCUT2D eigenvalue weighted by Gasteiger charge is 2.16. The summed E-state index contributed by atoms with van der Waals surface area (Å²) in [7, 11) is 3.63. The summed E-state index contributed by atoms with van der Waals surface area (Å²) in [6.45, 7) is 0.818. The molecule has 0 saturated carbocycles. The fourth-order valence-corrected chi connectivity index (χ4v) is 2.18. The standard InChI is InChI=1S/C11H15N5OS/c1-15-4-3-13-9(15)6-16(2)11(17)8-7-18-10(5-12)14-8/h3-4,7H,5-6,12H2,1-2H3. The molecule has 0 aromatic carbocycles. The van der Waals surface area contributed by atoms with Crippen LogP contribution in [0, 0.1) is 0 Å². The minimum absolute atomic E-state index is 0.117. The fourth-order valence-electron chi connectivity index (χ4n) is 1.53. The Hall–Kier alpha value is -1.73. The second-order valence-corrected chi connectivity index (χ2v) is 4.89. The number of amides is 1. The molecule has 0 radical (unpaired) electrons. The second-order valence-electron chi connectivity index (χ2n) is 3.95. The first-order chi connectivity index (χ1) is 8.61. The predicted molar refractivity (Wildman–Crippen MR) is 69.0 cm³/mol. The molecule has 7 heteroatoms. The Morgan fingerprint density at radius 1 is 1.61 bits per heavy atom. The maximum Gasteiger partial charge on any atom is 0.273 e. The van der Waals surface area contributed by atoms with Crippen molar-refractivity contribution in [2.75, 3.05) is 7.05 Å². The minimum Gasteiger partial charge on any atom is -0.337 e. The molecule has 0 aliphatic heterocycles. The molecular formula is C11H15N5OS. The molecule has 1 amide bonds. The maximum absolute atomic E-state index is 12.1. The Kier molecular flexibility index (Phi) is 3.73. The summed E-state index contributed by atoms with van der Waals surface area (Å²) in [5.74, 6) is 0.717. The van der Waals surface area contributed by atoms with Gasteiger partial charge in [-0.3, -0.25) is 4.79 Å². The Morgan fingerprint density at radius 3 is 2.94 bits per heavy atom. The molecule has 2 heterocycles. The van der Waals surface area contributed by atoms with Gasteiger partial charge in [0.2, 0.25) is 0 Å². The first-order valence-electron chi connectivity index (χ1n) is 5.48. The number of aryl methyl sites for hydroxylation is 1. The zero-order valence-corrected chi connectivity index (χ0v) is 11.1. The monoisotopic (exact) mass is 265 g/mol. The number of imidazole rings is 1. The average molecular weight is 265 g/mol. The van der Waals surface area contributed by atoms with E-state index in [0.717, 1.165) is 10.8 Å². The van der Waals surface area contributed by atoms with Crippen molar-refractivity contribution >= 4 is 17.2 Å². The van der Waals surface area contributed by atoms with Crippen molar-refractivity contribution in [3.05, 3.63) is 34.3 Å². The van der Waals surface area contributed by atoms with Crippen LogP contribution in [-0.4, -0.2) is 32.4 Å². The van der Waals surface area contributed by atoms with Crippen LogP contribution >= 0.6 is 11.3 Å². The van der Waals surface area contributed by atoms with Gasteiger partial charge in [0.05, 0.1) is 6.54 Å². The van der Waals surface area contributed by atoms with Crippen molar-refractivity contribution in [1.82, 2.24) is 19.4 Å². The van der Waals surface area contributed by atoms with Crippen molar-refractivity contribution < 1.29 is 4.79 Å². The van der Waals surface area contributed by atoms with Gasteiger partial charge in [0.15, 0.2) is 0 Å². The zero-order valence-electron chi connectivity index (χ0n) is 10.3. The van der Waals surface area contributed by atoms with E-state index < -0.39 is 0 Å². The number of nitrogens with two attached hydrogens (primary N) is 1. The molecule has 2 rings (SSSR count). The van der Waals surface area contributed by atoms with E-state index in [1.54, 1.807) is 23.5 Å². The number of thiazole rings is 1. The molecule has 0 spiro atoms. The van der Waals surface area contributed by atoms with Gasteiger partial charge in [-0.25, -0.2) is 9.97 Å². The third-order valence-corrected chi connectivity index (χ3v) is 3.46. The van der Waals surface area contributed by atoms with E-state index in [9.17, 15) is 4.79 Å². The van der Waals surface area contributed by atoms with Crippen LogP contribution in [-0.2, 0) is 20.1 Å². The summed E-state index contributed by atoms with van der Waals surface area (Å²) in [5.41, 5.74) is 5.92. The topological polar surface area (TPSA) is 77.0 Å². The molecule has 18 heavy (non-hydrogen) atoms. The molecule has 0 atom stereocenters. The van der Waals surface area contributed by atoms with Gasteiger partial charge in [0.25, 0.3) is 5.91 Å². The smallest absolute Gasteiger partial charge is 0.273 e. The summed E-state index contributed by atoms with van der Waals surface area (Å²) in [4.78, 5) is 22.1. The van der Waals surface area contributed by atoms with Crippen LogP contribution in [0.3, 0.4) is 0 Å². The van der Waals surface area contributed by atoms with Gasteiger partial charge >= 0.3 is 0 Å². The molecule has 96 valence electrons. The van der Waals surface area contributed by atoms with E-state index in [2.05, 4.69) is 9.97 Å². The molecule has 2 aromatic rings. The summed E-state index contributed by atoms with van der Waals surface area (Å²) >= 11 is 1.40. The van der Waals surface area contributed by atoms with E-state index in [-0.39, 0.29) is 5.91 Å². The largest absolute Gasteiger partial charge is 0.337 e. The van der Waals surface area contributed by atoms with Crippen molar-refractivity contribution in [3.8, 4) is 0 Å². The van der Waals surface area contributed by atoms with E-state index in [1.165, 1.54) is 11.3 Å². The number of carbonyl (C=O) groups is 1. The molecule has 0 aliphatic rings. The number of hydrogen-bond acceptors (Lipinski definition) is 5. The van der Waals surface area contributed by atoms with Gasteiger partial charge in [-0.1, -0.05) is 0 Å². The highest BCUT2D eigenvalue weighted by molar-refractivity contribution is 7.09. The Balaban J connectivity index is 2.07. The van der Waals surface area contributed by atoms with E-state index in [0.29, 0.717) is 18.8 Å². The van der Waals surface area contributed by atoms with Gasteiger partial charge in [0, 0.05) is 38.4 Å². The lowest BCUT2D eigenvalue weighted by atomic mass is 10.4. The van der Waals surface area contributed by atoms with Crippen LogP contribution in [0.2, 0.25) is 0 Å². The molecule has 0 unspecified atom stereocenters. The minimum atomic E-state index is -0.117. The molecule has 0 aliphatic carbocycles. The molecule has 6 nitrogen and oxygen atoms in total. The highest BCUT2D eigenvalue weighted by Crippen LogP contribution is 2.11. The van der Waals surface area contributed by atoms with Gasteiger partial charge < -0.3 is 15.2 Å². The first-order valence-corrected chi connectivity index (χ1v) is 6.36. The summed E-state index contributed by atoms with van der Waals surface area (Å²) < 4.78 is 1.89. The molecule has 2 aromatic heterocycles. The number of aromatic nitrogens is 3. The van der Waals surface area contributed by atoms with Crippen LogP contribution in [0.1, 0.15) is 21.3 Å². The van der Waals surface area contributed by atoms with Crippen molar-refractivity contribution in [2.24, 2.45) is 12.8 Å². The Morgan fingerprint density at radius 2 is 2.39 bits per heavy atom. The lowest BCUT2D eigenvalue weighted by Gasteiger charge is -2.15. The van der Waals surface area contributed by atoms with Crippen LogP contribution < -0.4 is 5.73 Å². The van der Waals surface area contributed by atoms with Gasteiger partial charge in [0.1, 0.15) is 16.5 Å². The fraction of sp³-hybridized carbons (Fsp3) is 0.364. The predicted octanol–water partition coefficient (Wildman–Crippen LogP) is 0.608. The molecule has 2 N–H and O–H groups in total. The van der Waals surface area contributed by atoms with Crippen molar-refractivity contribution in [1.29, 1.82) is 0 Å². The summed E-state index contributed by atoms with van der Waals surface area (Å²) in [6, 6.07) is 0. The Bertz CT molecular complexity index is 547. The Labute approximate surface area is 109 Å². The van der Waals surface area contributed by atoms with Crippen molar-refractivity contribution in [2.45, 2.75) is 13.1 Å². The molecule has 0 bridgehead atoms. The quantitative estimate of drug-likeness (QED) is 0.878. The number of carbonyl (C=O) groups excluding carboxylic acids is 1. The van der Waals surface area contributed by atoms with Crippen LogP contribution in [0.25, 0.3) is 0 Å². The summed E-state index contributed by atoms with van der Waals surface area (Å²) in [6.07, 6.45) is 3.56. The van der Waals surface area contributed by atoms with Gasteiger partial charge in [-0.2, -0.15) is 0 Å². The second kappa shape index (κ2) is 5.28. The van der Waals surface area contributed by atoms with E-state index in [4.69, 9.17) is 5.73 Å². The third kappa shape index (κ3) is 2.57. The normalized spacial score (nSPS) is 10.6. The number of rotatable bonds is 4. The van der Waals surface area contributed by atoms with Gasteiger partial charge in [-0.05, 0) is 0 Å².